The molecular weight excluding hydrogens is 225 g/mol. The van der Waals surface area contributed by atoms with E-state index < -0.39 is 0 Å². The van der Waals surface area contributed by atoms with E-state index in [0.29, 0.717) is 0 Å². The van der Waals surface area contributed by atoms with Crippen LogP contribution in [-0.2, 0) is 9.31 Å². The van der Waals surface area contributed by atoms with E-state index in [1.807, 2.05) is 18.3 Å². The lowest BCUT2D eigenvalue weighted by atomic mass is 9.84. The van der Waals surface area contributed by atoms with Crippen LogP contribution in [-0.4, -0.2) is 22.7 Å². The van der Waals surface area contributed by atoms with Gasteiger partial charge in [0.1, 0.15) is 0 Å². The van der Waals surface area contributed by atoms with Crippen LogP contribution in [0.5, 0.6) is 0 Å². The highest BCUT2D eigenvalue weighted by molar-refractivity contribution is 6.61. The van der Waals surface area contributed by atoms with E-state index in [4.69, 9.17) is 9.31 Å². The molecule has 0 aliphatic carbocycles. The third kappa shape index (κ3) is 1.60. The van der Waals surface area contributed by atoms with E-state index >= 15 is 0 Å². The van der Waals surface area contributed by atoms with Gasteiger partial charge in [0.2, 0.25) is 0 Å². The van der Waals surface area contributed by atoms with E-state index in [-0.39, 0.29) is 18.3 Å². The first-order valence-corrected chi connectivity index (χ1v) is 6.32. The van der Waals surface area contributed by atoms with Crippen LogP contribution in [0.1, 0.15) is 27.7 Å². The highest BCUT2D eigenvalue weighted by Crippen LogP contribution is 2.36. The third-order valence-corrected chi connectivity index (χ3v) is 4.09. The number of rotatable bonds is 1. The van der Waals surface area contributed by atoms with Crippen molar-refractivity contribution in [2.75, 3.05) is 0 Å². The molecule has 18 heavy (non-hydrogen) atoms. The molecule has 3 rings (SSSR count). The molecule has 0 spiro atoms. The molecule has 0 saturated carbocycles. The van der Waals surface area contributed by atoms with Crippen molar-refractivity contribution in [1.29, 1.82) is 0 Å². The number of fused-ring (bicyclic) bond motifs is 1. The van der Waals surface area contributed by atoms with Gasteiger partial charge in [-0.2, -0.15) is 0 Å². The molecule has 3 nitrogen and oxygen atoms in total. The maximum absolute atomic E-state index is 6.08. The minimum absolute atomic E-state index is 0.299. The Kier molecular flexibility index (Phi) is 2.38. The van der Waals surface area contributed by atoms with Crippen molar-refractivity contribution in [3.63, 3.8) is 0 Å². The average Bonchev–Trinajstić information content (AvgIpc) is 2.81. The molecule has 94 valence electrons. The molecule has 0 atom stereocenters. The van der Waals surface area contributed by atoms with E-state index in [2.05, 4.69) is 50.3 Å². The van der Waals surface area contributed by atoms with Gasteiger partial charge in [-0.15, -0.1) is 0 Å². The first-order chi connectivity index (χ1) is 8.41. The Morgan fingerprint density at radius 2 is 1.56 bits per heavy atom. The molecule has 4 heteroatoms. The number of nitrogens with zero attached hydrogens (tertiary/aromatic N) is 1. The summed E-state index contributed by atoms with van der Waals surface area (Å²) in [4.78, 5) is 0. The second-order valence-corrected chi connectivity index (χ2v) is 5.84. The number of pyridine rings is 1. The highest BCUT2D eigenvalue weighted by Gasteiger charge is 2.52. The van der Waals surface area contributed by atoms with Crippen LogP contribution in [0.3, 0.4) is 0 Å². The van der Waals surface area contributed by atoms with E-state index in [9.17, 15) is 0 Å². The first-order valence-electron chi connectivity index (χ1n) is 6.32. The molecule has 0 unspecified atom stereocenters. The third-order valence-electron chi connectivity index (χ3n) is 4.09. The lowest BCUT2D eigenvalue weighted by Crippen LogP contribution is -2.41. The van der Waals surface area contributed by atoms with E-state index in [0.717, 1.165) is 11.1 Å². The van der Waals surface area contributed by atoms with Crippen molar-refractivity contribution < 1.29 is 9.31 Å². The van der Waals surface area contributed by atoms with Gasteiger partial charge < -0.3 is 13.7 Å². The van der Waals surface area contributed by atoms with Crippen molar-refractivity contribution in [2.24, 2.45) is 0 Å². The van der Waals surface area contributed by atoms with Crippen LogP contribution in [0.4, 0.5) is 0 Å². The number of hydrogen-bond donors (Lipinski definition) is 0. The predicted molar refractivity (Wildman–Crippen MR) is 73.1 cm³/mol. The zero-order valence-electron chi connectivity index (χ0n) is 11.3. The first kappa shape index (κ1) is 11.8. The molecule has 0 bridgehead atoms. The average molecular weight is 243 g/mol. The van der Waals surface area contributed by atoms with Gasteiger partial charge in [-0.3, -0.25) is 0 Å². The monoisotopic (exact) mass is 243 g/mol. The second-order valence-electron chi connectivity index (χ2n) is 5.84. The Hall–Kier alpha value is -1.26. The Labute approximate surface area is 108 Å². The minimum Gasteiger partial charge on any atom is -0.398 e. The lowest BCUT2D eigenvalue weighted by Gasteiger charge is -2.32. The van der Waals surface area contributed by atoms with Gasteiger partial charge >= 0.3 is 7.12 Å². The van der Waals surface area contributed by atoms with Crippen LogP contribution in [0.25, 0.3) is 5.52 Å². The fourth-order valence-electron chi connectivity index (χ4n) is 2.25. The Bertz CT molecular complexity index is 572. The van der Waals surface area contributed by atoms with Crippen LogP contribution in [0.15, 0.2) is 36.5 Å². The maximum atomic E-state index is 6.08. The van der Waals surface area contributed by atoms with Gasteiger partial charge in [0.25, 0.3) is 0 Å². The number of aromatic nitrogens is 1. The fourth-order valence-corrected chi connectivity index (χ4v) is 2.25. The summed E-state index contributed by atoms with van der Waals surface area (Å²) < 4.78 is 14.3. The molecule has 1 fully saturated rings. The van der Waals surface area contributed by atoms with Crippen molar-refractivity contribution in [2.45, 2.75) is 38.9 Å². The normalized spacial score (nSPS) is 21.7. The zero-order valence-corrected chi connectivity index (χ0v) is 11.3. The summed E-state index contributed by atoms with van der Waals surface area (Å²) in [6.45, 7) is 8.29. The van der Waals surface area contributed by atoms with Crippen LogP contribution < -0.4 is 5.59 Å². The smallest absolute Gasteiger partial charge is 0.398 e. The Balaban J connectivity index is 2.05. The summed E-state index contributed by atoms with van der Waals surface area (Å²) >= 11 is 0. The summed E-state index contributed by atoms with van der Waals surface area (Å²) in [5, 5.41) is 0. The summed E-state index contributed by atoms with van der Waals surface area (Å²) in [6, 6.07) is 10.3. The molecule has 1 aliphatic heterocycles. The standard InChI is InChI=1S/C14H18BNO2/c1-13(2)14(3,4)18-15(17-13)12-9-5-7-11-8-6-10-16(11)12/h5-10H,1-4H3. The largest absolute Gasteiger partial charge is 0.512 e. The summed E-state index contributed by atoms with van der Waals surface area (Å²) in [5.74, 6) is 0. The molecule has 1 aliphatic rings. The SMILES string of the molecule is CC1(C)OB(c2cccc3cccn23)OC1(C)C. The molecule has 0 radical (unpaired) electrons. The van der Waals surface area contributed by atoms with Gasteiger partial charge in [0, 0.05) is 11.7 Å². The predicted octanol–water partition coefficient (Wildman–Crippen LogP) is 2.24. The molecule has 2 aromatic rings. The molecular formula is C14H18BNO2. The van der Waals surface area contributed by atoms with Crippen molar-refractivity contribution in [1.82, 2.24) is 4.40 Å². The van der Waals surface area contributed by atoms with Crippen molar-refractivity contribution in [3.8, 4) is 0 Å². The maximum Gasteiger partial charge on any atom is 0.512 e. The quantitative estimate of drug-likeness (QED) is 0.717. The van der Waals surface area contributed by atoms with Crippen LogP contribution in [0, 0.1) is 0 Å². The van der Waals surface area contributed by atoms with E-state index in [1.165, 1.54) is 0 Å². The molecule has 1 saturated heterocycles. The summed E-state index contributed by atoms with van der Waals surface area (Å²) in [7, 11) is -0.314. The Morgan fingerprint density at radius 1 is 0.944 bits per heavy atom. The summed E-state index contributed by atoms with van der Waals surface area (Å²) in [6.07, 6.45) is 2.04. The van der Waals surface area contributed by atoms with Crippen LogP contribution >= 0.6 is 0 Å². The van der Waals surface area contributed by atoms with Crippen molar-refractivity contribution in [3.05, 3.63) is 36.5 Å². The molecule has 0 amide bonds. The van der Waals surface area contributed by atoms with Gasteiger partial charge in [-0.05, 0) is 52.0 Å². The zero-order chi connectivity index (χ0) is 13.0. The Morgan fingerprint density at radius 3 is 2.22 bits per heavy atom. The molecule has 0 N–H and O–H groups in total. The highest BCUT2D eigenvalue weighted by atomic mass is 16.7. The van der Waals surface area contributed by atoms with Gasteiger partial charge in [-0.25, -0.2) is 0 Å². The molecule has 2 aromatic heterocycles. The second kappa shape index (κ2) is 3.62. The van der Waals surface area contributed by atoms with Crippen LogP contribution in [0.2, 0.25) is 0 Å². The lowest BCUT2D eigenvalue weighted by molar-refractivity contribution is 0.00578. The topological polar surface area (TPSA) is 22.9 Å². The number of hydrogen-bond acceptors (Lipinski definition) is 2. The fraction of sp³-hybridized carbons (Fsp3) is 0.429. The molecule has 3 heterocycles. The van der Waals surface area contributed by atoms with Gasteiger partial charge in [-0.1, -0.05) is 6.07 Å². The van der Waals surface area contributed by atoms with Gasteiger partial charge in [0.05, 0.1) is 16.8 Å². The molecule has 0 aromatic carbocycles. The summed E-state index contributed by atoms with van der Waals surface area (Å²) in [5.41, 5.74) is 1.60. The van der Waals surface area contributed by atoms with Gasteiger partial charge in [0.15, 0.2) is 0 Å². The van der Waals surface area contributed by atoms with E-state index in [1.54, 1.807) is 0 Å². The minimum atomic E-state index is -0.314. The van der Waals surface area contributed by atoms with Crippen molar-refractivity contribution >= 4 is 18.2 Å².